The second kappa shape index (κ2) is 10.3. The topological polar surface area (TPSA) is 71.3 Å². The van der Waals surface area contributed by atoms with Crippen molar-refractivity contribution in [1.82, 2.24) is 10.6 Å². The smallest absolute Gasteiger partial charge is 0.268 e. The van der Waals surface area contributed by atoms with E-state index in [0.29, 0.717) is 11.3 Å². The Labute approximate surface area is 192 Å². The molecule has 2 amide bonds. The van der Waals surface area contributed by atoms with Crippen molar-refractivity contribution >= 4 is 17.9 Å². The van der Waals surface area contributed by atoms with Crippen LogP contribution in [0.15, 0.2) is 113 Å². The van der Waals surface area contributed by atoms with Crippen LogP contribution in [0, 0.1) is 6.92 Å². The number of benzene rings is 3. The van der Waals surface area contributed by atoms with Crippen molar-refractivity contribution < 1.29 is 14.0 Å². The lowest BCUT2D eigenvalue weighted by Crippen LogP contribution is -2.37. The van der Waals surface area contributed by atoms with E-state index in [0.717, 1.165) is 16.7 Å². The minimum Gasteiger partial charge on any atom is -0.465 e. The van der Waals surface area contributed by atoms with Crippen molar-refractivity contribution in [2.75, 3.05) is 0 Å². The normalized spacial score (nSPS) is 11.3. The molecule has 33 heavy (non-hydrogen) atoms. The zero-order valence-corrected chi connectivity index (χ0v) is 18.2. The van der Waals surface area contributed by atoms with E-state index in [1.54, 1.807) is 24.3 Å². The number of aryl methyl sites for hydroxylation is 1. The fourth-order valence-electron chi connectivity index (χ4n) is 3.55. The van der Waals surface area contributed by atoms with Gasteiger partial charge in [0.2, 0.25) is 0 Å². The molecule has 3 aromatic carbocycles. The van der Waals surface area contributed by atoms with Crippen molar-refractivity contribution in [3.8, 4) is 0 Å². The summed E-state index contributed by atoms with van der Waals surface area (Å²) in [6.45, 7) is 1.85. The summed E-state index contributed by atoms with van der Waals surface area (Å²) in [6.07, 6.45) is 3.04. The van der Waals surface area contributed by atoms with Crippen LogP contribution in [0.1, 0.15) is 38.9 Å². The van der Waals surface area contributed by atoms with Crippen LogP contribution in [0.25, 0.3) is 6.08 Å². The SMILES string of the molecule is Cc1ccccc1C(=O)N/C(=C\c1ccco1)C(=O)NC(c1ccccc1)c1ccccc1. The van der Waals surface area contributed by atoms with E-state index in [1.165, 1.54) is 12.3 Å². The summed E-state index contributed by atoms with van der Waals surface area (Å²) in [5.74, 6) is -0.329. The van der Waals surface area contributed by atoms with Gasteiger partial charge in [0.05, 0.1) is 12.3 Å². The van der Waals surface area contributed by atoms with Gasteiger partial charge >= 0.3 is 0 Å². The number of hydrogen-bond donors (Lipinski definition) is 2. The van der Waals surface area contributed by atoms with E-state index in [4.69, 9.17) is 4.42 Å². The van der Waals surface area contributed by atoms with Gasteiger partial charge in [-0.15, -0.1) is 0 Å². The lowest BCUT2D eigenvalue weighted by molar-refractivity contribution is -0.118. The number of carbonyl (C=O) groups is 2. The van der Waals surface area contributed by atoms with Crippen LogP contribution in [0.3, 0.4) is 0 Å². The van der Waals surface area contributed by atoms with Gasteiger partial charge in [0.25, 0.3) is 11.8 Å². The number of rotatable bonds is 7. The van der Waals surface area contributed by atoms with Crippen LogP contribution >= 0.6 is 0 Å². The van der Waals surface area contributed by atoms with E-state index in [2.05, 4.69) is 10.6 Å². The van der Waals surface area contributed by atoms with E-state index in [9.17, 15) is 9.59 Å². The van der Waals surface area contributed by atoms with E-state index in [-0.39, 0.29) is 11.6 Å². The molecule has 0 spiro atoms. The fraction of sp³-hybridized carbons (Fsp3) is 0.0714. The average molecular weight is 437 g/mol. The maximum atomic E-state index is 13.4. The molecule has 164 valence electrons. The molecule has 0 aliphatic rings. The number of hydrogen-bond acceptors (Lipinski definition) is 3. The predicted molar refractivity (Wildman–Crippen MR) is 128 cm³/mol. The summed E-state index contributed by atoms with van der Waals surface area (Å²) < 4.78 is 5.39. The molecule has 5 heteroatoms. The summed E-state index contributed by atoms with van der Waals surface area (Å²) in [5.41, 5.74) is 3.27. The molecule has 0 aliphatic carbocycles. The summed E-state index contributed by atoms with van der Waals surface area (Å²) in [7, 11) is 0. The lowest BCUT2D eigenvalue weighted by atomic mass is 9.98. The van der Waals surface area contributed by atoms with Gasteiger partial charge in [-0.25, -0.2) is 0 Å². The number of amides is 2. The molecule has 0 aliphatic heterocycles. The molecule has 2 N–H and O–H groups in total. The Kier molecular flexibility index (Phi) is 6.81. The van der Waals surface area contributed by atoms with Crippen molar-refractivity contribution in [2.24, 2.45) is 0 Å². The van der Waals surface area contributed by atoms with E-state index in [1.807, 2.05) is 79.7 Å². The van der Waals surface area contributed by atoms with Gasteiger partial charge in [-0.2, -0.15) is 0 Å². The van der Waals surface area contributed by atoms with Crippen LogP contribution < -0.4 is 10.6 Å². The first kappa shape index (κ1) is 21.8. The second-order valence-electron chi connectivity index (χ2n) is 7.57. The van der Waals surface area contributed by atoms with Crippen LogP contribution in [-0.4, -0.2) is 11.8 Å². The molecule has 0 fully saturated rings. The molecule has 0 unspecified atom stereocenters. The lowest BCUT2D eigenvalue weighted by Gasteiger charge is -2.21. The summed E-state index contributed by atoms with van der Waals surface area (Å²) in [5, 5.41) is 5.84. The molecule has 1 aromatic heterocycles. The van der Waals surface area contributed by atoms with E-state index >= 15 is 0 Å². The van der Waals surface area contributed by atoms with Gasteiger partial charge in [0.1, 0.15) is 11.5 Å². The highest BCUT2D eigenvalue weighted by molar-refractivity contribution is 6.05. The Morgan fingerprint density at radius 3 is 1.97 bits per heavy atom. The minimum atomic E-state index is -0.425. The summed E-state index contributed by atoms with van der Waals surface area (Å²) in [6, 6.07) is 29.7. The molecular formula is C28H24N2O3. The Bertz CT molecular complexity index is 1210. The molecule has 0 saturated carbocycles. The molecule has 0 bridgehead atoms. The molecule has 0 saturated heterocycles. The Hall–Kier alpha value is -4.38. The van der Waals surface area contributed by atoms with Gasteiger partial charge < -0.3 is 15.1 Å². The minimum absolute atomic E-state index is 0.0927. The standard InChI is InChI=1S/C28H24N2O3/c1-20-11-8-9-17-24(20)27(31)29-25(19-23-16-10-18-33-23)28(32)30-26(21-12-4-2-5-13-21)22-14-6-3-7-15-22/h2-19,26H,1H3,(H,29,31)(H,30,32)/b25-19-. The first-order chi connectivity index (χ1) is 16.1. The first-order valence-electron chi connectivity index (χ1n) is 10.6. The molecular weight excluding hydrogens is 412 g/mol. The fourth-order valence-corrected chi connectivity index (χ4v) is 3.55. The number of carbonyl (C=O) groups excluding carboxylic acids is 2. The van der Waals surface area contributed by atoms with Gasteiger partial charge in [-0.3, -0.25) is 9.59 Å². The molecule has 4 rings (SSSR count). The van der Waals surface area contributed by atoms with Crippen LogP contribution in [0.4, 0.5) is 0 Å². The van der Waals surface area contributed by atoms with Gasteiger partial charge in [-0.05, 0) is 41.8 Å². The molecule has 1 heterocycles. The zero-order chi connectivity index (χ0) is 23.0. The Morgan fingerprint density at radius 2 is 1.39 bits per heavy atom. The Morgan fingerprint density at radius 1 is 0.788 bits per heavy atom. The van der Waals surface area contributed by atoms with Crippen LogP contribution in [0.5, 0.6) is 0 Å². The number of nitrogens with one attached hydrogen (secondary N) is 2. The van der Waals surface area contributed by atoms with Crippen LogP contribution in [0.2, 0.25) is 0 Å². The molecule has 5 nitrogen and oxygen atoms in total. The third kappa shape index (κ3) is 5.46. The van der Waals surface area contributed by atoms with Crippen molar-refractivity contribution in [2.45, 2.75) is 13.0 Å². The van der Waals surface area contributed by atoms with Crippen molar-refractivity contribution in [3.05, 3.63) is 137 Å². The van der Waals surface area contributed by atoms with Crippen molar-refractivity contribution in [3.63, 3.8) is 0 Å². The third-order valence-corrected chi connectivity index (χ3v) is 5.25. The quantitative estimate of drug-likeness (QED) is 0.388. The summed E-state index contributed by atoms with van der Waals surface area (Å²) >= 11 is 0. The highest BCUT2D eigenvalue weighted by Gasteiger charge is 2.21. The maximum absolute atomic E-state index is 13.4. The average Bonchev–Trinajstić information content (AvgIpc) is 3.36. The van der Waals surface area contributed by atoms with Crippen LogP contribution in [-0.2, 0) is 4.79 Å². The van der Waals surface area contributed by atoms with Gasteiger partial charge in [-0.1, -0.05) is 78.9 Å². The maximum Gasteiger partial charge on any atom is 0.268 e. The predicted octanol–water partition coefficient (Wildman–Crippen LogP) is 5.26. The number of furan rings is 1. The molecule has 0 atom stereocenters. The highest BCUT2D eigenvalue weighted by Crippen LogP contribution is 2.22. The van der Waals surface area contributed by atoms with E-state index < -0.39 is 11.9 Å². The Balaban J connectivity index is 1.65. The highest BCUT2D eigenvalue weighted by atomic mass is 16.3. The summed E-state index contributed by atoms with van der Waals surface area (Å²) in [4.78, 5) is 26.4. The first-order valence-corrected chi connectivity index (χ1v) is 10.6. The zero-order valence-electron chi connectivity index (χ0n) is 18.2. The second-order valence-corrected chi connectivity index (χ2v) is 7.57. The van der Waals surface area contributed by atoms with Crippen molar-refractivity contribution in [1.29, 1.82) is 0 Å². The monoisotopic (exact) mass is 436 g/mol. The third-order valence-electron chi connectivity index (χ3n) is 5.25. The molecule has 4 aromatic rings. The van der Waals surface area contributed by atoms with Gasteiger partial charge in [0, 0.05) is 11.6 Å². The van der Waals surface area contributed by atoms with Gasteiger partial charge in [0.15, 0.2) is 0 Å². The largest absolute Gasteiger partial charge is 0.465 e. The molecule has 0 radical (unpaired) electrons.